The molecule has 5 rings (SSSR count). The Balaban J connectivity index is 1.20. The van der Waals surface area contributed by atoms with E-state index < -0.39 is 0 Å². The lowest BCUT2D eigenvalue weighted by Gasteiger charge is -2.56. The van der Waals surface area contributed by atoms with Crippen LogP contribution < -0.4 is 10.6 Å². The fourth-order valence-corrected chi connectivity index (χ4v) is 7.10. The Hall–Kier alpha value is -1.59. The molecule has 5 aliphatic rings. The molecule has 168 valence electrons. The third-order valence-corrected chi connectivity index (χ3v) is 8.10. The van der Waals surface area contributed by atoms with E-state index >= 15 is 0 Å². The van der Waals surface area contributed by atoms with Crippen molar-refractivity contribution in [3.63, 3.8) is 0 Å². The number of likely N-dealkylation sites (tertiary alicyclic amines) is 1. The Bertz CT molecular complexity index is 639. The van der Waals surface area contributed by atoms with E-state index in [0.717, 1.165) is 37.1 Å². The first-order valence-corrected chi connectivity index (χ1v) is 12.1. The summed E-state index contributed by atoms with van der Waals surface area (Å²) in [5.74, 6) is 2.93. The smallest absolute Gasteiger partial charge is 0.241 e. The molecule has 0 radical (unpaired) electrons. The van der Waals surface area contributed by atoms with Crippen molar-refractivity contribution in [1.29, 1.82) is 0 Å². The monoisotopic (exact) mass is 417 g/mol. The Morgan fingerprint density at radius 1 is 1.00 bits per heavy atom. The van der Waals surface area contributed by atoms with Crippen LogP contribution >= 0.6 is 0 Å². The van der Waals surface area contributed by atoms with Crippen molar-refractivity contribution >= 4 is 17.7 Å². The molecule has 4 aliphatic carbocycles. The van der Waals surface area contributed by atoms with Crippen molar-refractivity contribution in [1.82, 2.24) is 15.5 Å². The van der Waals surface area contributed by atoms with Gasteiger partial charge in [0.05, 0.1) is 6.54 Å². The molecule has 0 aromatic carbocycles. The number of carbonyl (C=O) groups excluding carboxylic acids is 3. The molecule has 4 bridgehead atoms. The van der Waals surface area contributed by atoms with Crippen LogP contribution in [-0.4, -0.2) is 48.8 Å². The van der Waals surface area contributed by atoms with E-state index in [-0.39, 0.29) is 35.6 Å². The summed E-state index contributed by atoms with van der Waals surface area (Å²) >= 11 is 0. The minimum absolute atomic E-state index is 0.00810. The fourth-order valence-electron chi connectivity index (χ4n) is 7.10. The van der Waals surface area contributed by atoms with Gasteiger partial charge < -0.3 is 15.5 Å². The van der Waals surface area contributed by atoms with Crippen LogP contribution in [0, 0.1) is 35.0 Å². The van der Waals surface area contributed by atoms with Crippen LogP contribution in [0.2, 0.25) is 0 Å². The van der Waals surface area contributed by atoms with Crippen LogP contribution in [0.15, 0.2) is 0 Å². The number of hydrogen-bond donors (Lipinski definition) is 2. The van der Waals surface area contributed by atoms with Crippen LogP contribution in [0.4, 0.5) is 0 Å². The zero-order chi connectivity index (χ0) is 21.3. The van der Waals surface area contributed by atoms with Crippen molar-refractivity contribution in [3.05, 3.63) is 0 Å². The van der Waals surface area contributed by atoms with Crippen molar-refractivity contribution in [2.75, 3.05) is 26.2 Å². The zero-order valence-corrected chi connectivity index (χ0v) is 18.8. The first-order chi connectivity index (χ1) is 14.3. The van der Waals surface area contributed by atoms with Gasteiger partial charge >= 0.3 is 0 Å². The largest absolute Gasteiger partial charge is 0.356 e. The maximum absolute atomic E-state index is 12.7. The van der Waals surface area contributed by atoms with Crippen molar-refractivity contribution < 1.29 is 14.4 Å². The second kappa shape index (κ2) is 8.88. The van der Waals surface area contributed by atoms with Gasteiger partial charge in [-0.2, -0.15) is 0 Å². The average Bonchev–Trinajstić information content (AvgIpc) is 2.69. The first kappa shape index (κ1) is 21.6. The van der Waals surface area contributed by atoms with Crippen LogP contribution in [0.5, 0.6) is 0 Å². The van der Waals surface area contributed by atoms with Gasteiger partial charge in [0, 0.05) is 32.0 Å². The van der Waals surface area contributed by atoms with Crippen molar-refractivity contribution in [2.24, 2.45) is 35.0 Å². The molecule has 0 spiro atoms. The summed E-state index contributed by atoms with van der Waals surface area (Å²) in [6.07, 6.45) is 10.4. The highest BCUT2D eigenvalue weighted by Crippen LogP contribution is 2.61. The lowest BCUT2D eigenvalue weighted by atomic mass is 9.49. The normalized spacial score (nSPS) is 34.8. The van der Waals surface area contributed by atoms with E-state index in [9.17, 15) is 14.4 Å². The molecule has 1 aliphatic heterocycles. The minimum atomic E-state index is -0.0180. The topological polar surface area (TPSA) is 78.5 Å². The maximum atomic E-state index is 12.7. The number of nitrogens with zero attached hydrogens (tertiary/aromatic N) is 1. The summed E-state index contributed by atoms with van der Waals surface area (Å²) in [6.45, 7) is 5.92. The molecule has 1 unspecified atom stereocenters. The van der Waals surface area contributed by atoms with Crippen LogP contribution in [-0.2, 0) is 14.4 Å². The maximum Gasteiger partial charge on any atom is 0.241 e. The second-order valence-corrected chi connectivity index (χ2v) is 11.1. The SMILES string of the molecule is CC(C)C(=O)NCC1CCCN(C(=O)CNC(=O)CC23CC4CC(CC(C4)C2)C3)C1. The molecule has 1 atom stereocenters. The number of piperidine rings is 1. The van der Waals surface area contributed by atoms with Gasteiger partial charge in [-0.1, -0.05) is 13.8 Å². The molecule has 0 aromatic rings. The molecule has 5 fully saturated rings. The van der Waals surface area contributed by atoms with Crippen molar-refractivity contribution in [2.45, 2.75) is 71.6 Å². The van der Waals surface area contributed by atoms with Crippen molar-refractivity contribution in [3.8, 4) is 0 Å². The summed E-state index contributed by atoms with van der Waals surface area (Å²) in [4.78, 5) is 39.0. The molecule has 1 saturated heterocycles. The van der Waals surface area contributed by atoms with Crippen LogP contribution in [0.3, 0.4) is 0 Å². The molecule has 3 amide bonds. The van der Waals surface area contributed by atoms with E-state index in [4.69, 9.17) is 0 Å². The summed E-state index contributed by atoms with van der Waals surface area (Å²) in [6, 6.07) is 0. The molecule has 6 nitrogen and oxygen atoms in total. The van der Waals surface area contributed by atoms with Gasteiger partial charge in [-0.3, -0.25) is 14.4 Å². The van der Waals surface area contributed by atoms with Gasteiger partial charge in [-0.15, -0.1) is 0 Å². The highest BCUT2D eigenvalue weighted by molar-refractivity contribution is 5.85. The summed E-state index contributed by atoms with van der Waals surface area (Å²) in [5.41, 5.74) is 0.215. The summed E-state index contributed by atoms with van der Waals surface area (Å²) in [5, 5.41) is 5.92. The molecule has 6 heteroatoms. The van der Waals surface area contributed by atoms with Crippen LogP contribution in [0.25, 0.3) is 0 Å². The van der Waals surface area contributed by atoms with Gasteiger partial charge in [0.25, 0.3) is 0 Å². The third-order valence-electron chi connectivity index (χ3n) is 8.10. The predicted octanol–water partition coefficient (Wildman–Crippen LogP) is 2.72. The Morgan fingerprint density at radius 3 is 2.23 bits per heavy atom. The molecule has 4 saturated carbocycles. The van der Waals surface area contributed by atoms with Gasteiger partial charge in [-0.05, 0) is 80.5 Å². The summed E-state index contributed by atoms with van der Waals surface area (Å²) in [7, 11) is 0. The number of carbonyl (C=O) groups is 3. The second-order valence-electron chi connectivity index (χ2n) is 11.1. The van der Waals surface area contributed by atoms with E-state index in [1.807, 2.05) is 18.7 Å². The third kappa shape index (κ3) is 5.00. The highest BCUT2D eigenvalue weighted by Gasteiger charge is 2.51. The molecule has 1 heterocycles. The quantitative estimate of drug-likeness (QED) is 0.669. The van der Waals surface area contributed by atoms with Gasteiger partial charge in [0.15, 0.2) is 0 Å². The molecule has 2 N–H and O–H groups in total. The number of nitrogens with one attached hydrogen (secondary N) is 2. The van der Waals surface area contributed by atoms with E-state index in [1.54, 1.807) is 0 Å². The molecular formula is C24H39N3O3. The Morgan fingerprint density at radius 2 is 1.63 bits per heavy atom. The highest BCUT2D eigenvalue weighted by atomic mass is 16.2. The first-order valence-electron chi connectivity index (χ1n) is 12.1. The van der Waals surface area contributed by atoms with E-state index in [2.05, 4.69) is 10.6 Å². The van der Waals surface area contributed by atoms with Crippen LogP contribution in [0.1, 0.15) is 71.6 Å². The molecule has 30 heavy (non-hydrogen) atoms. The number of rotatable bonds is 7. The van der Waals surface area contributed by atoms with E-state index in [1.165, 1.54) is 38.5 Å². The number of hydrogen-bond acceptors (Lipinski definition) is 3. The molecular weight excluding hydrogens is 378 g/mol. The average molecular weight is 418 g/mol. The minimum Gasteiger partial charge on any atom is -0.356 e. The summed E-state index contributed by atoms with van der Waals surface area (Å²) < 4.78 is 0. The number of amides is 3. The Kier molecular flexibility index (Phi) is 6.40. The Labute approximate surface area is 180 Å². The van der Waals surface area contributed by atoms with Gasteiger partial charge in [0.2, 0.25) is 17.7 Å². The molecule has 0 aromatic heterocycles. The predicted molar refractivity (Wildman–Crippen MR) is 115 cm³/mol. The van der Waals surface area contributed by atoms with E-state index in [0.29, 0.717) is 25.4 Å². The standard InChI is InChI=1S/C24H39N3O3/c1-16(2)23(30)26-13-17-4-3-5-27(15-17)22(29)14-25-21(28)12-24-9-18-6-19(10-24)8-20(7-18)11-24/h16-20H,3-15H2,1-2H3,(H,25,28)(H,26,30). The fraction of sp³-hybridized carbons (Fsp3) is 0.875. The lowest BCUT2D eigenvalue weighted by molar-refractivity contribution is -0.136. The van der Waals surface area contributed by atoms with Gasteiger partial charge in [-0.25, -0.2) is 0 Å². The zero-order valence-electron chi connectivity index (χ0n) is 18.8. The lowest BCUT2D eigenvalue weighted by Crippen LogP contribution is -2.49. The van der Waals surface area contributed by atoms with Gasteiger partial charge in [0.1, 0.15) is 0 Å².